The highest BCUT2D eigenvalue weighted by Gasteiger charge is 2.32. The Bertz CT molecular complexity index is 581. The van der Waals surface area contributed by atoms with E-state index in [9.17, 15) is 19.1 Å². The summed E-state index contributed by atoms with van der Waals surface area (Å²) >= 11 is 0. The van der Waals surface area contributed by atoms with Gasteiger partial charge in [0.05, 0.1) is 6.04 Å². The number of benzene rings is 1. The third-order valence-corrected chi connectivity index (χ3v) is 4.14. The summed E-state index contributed by atoms with van der Waals surface area (Å²) in [4.78, 5) is 25.6. The molecule has 1 aliphatic heterocycles. The second-order valence-corrected chi connectivity index (χ2v) is 5.92. The number of aliphatic hydroxyl groups excluding tert-OH is 1. The fourth-order valence-electron chi connectivity index (χ4n) is 2.76. The maximum Gasteiger partial charge on any atom is 0.260 e. The third-order valence-electron chi connectivity index (χ3n) is 4.14. The summed E-state index contributed by atoms with van der Waals surface area (Å²) in [5.74, 6) is -0.596. The van der Waals surface area contributed by atoms with Crippen molar-refractivity contribution in [1.29, 1.82) is 0 Å². The zero-order valence-electron chi connectivity index (χ0n) is 14.1. The van der Waals surface area contributed by atoms with Gasteiger partial charge in [0.15, 0.2) is 6.61 Å². The van der Waals surface area contributed by atoms with Crippen molar-refractivity contribution < 1.29 is 28.6 Å². The topological polar surface area (TPSA) is 88.1 Å². The summed E-state index contributed by atoms with van der Waals surface area (Å²) in [6.45, 7) is 0.469. The van der Waals surface area contributed by atoms with Gasteiger partial charge in [-0.15, -0.1) is 0 Å². The Labute approximate surface area is 145 Å². The third kappa shape index (κ3) is 5.68. The Morgan fingerprint density at radius 2 is 2.04 bits per heavy atom. The Hall–Kier alpha value is -2.19. The fraction of sp³-hybridized carbons (Fsp3) is 0.529. The van der Waals surface area contributed by atoms with Crippen molar-refractivity contribution in [3.05, 3.63) is 30.1 Å². The van der Waals surface area contributed by atoms with Crippen LogP contribution in [0.15, 0.2) is 24.3 Å². The lowest BCUT2D eigenvalue weighted by molar-refractivity contribution is -0.137. The number of rotatable bonds is 7. The van der Waals surface area contributed by atoms with Crippen LogP contribution in [0.1, 0.15) is 6.42 Å². The predicted molar refractivity (Wildman–Crippen MR) is 87.5 cm³/mol. The molecule has 7 nitrogen and oxygen atoms in total. The lowest BCUT2D eigenvalue weighted by Crippen LogP contribution is -2.56. The van der Waals surface area contributed by atoms with Gasteiger partial charge in [0.1, 0.15) is 18.2 Å². The van der Waals surface area contributed by atoms with Crippen molar-refractivity contribution in [2.24, 2.45) is 5.92 Å². The zero-order valence-corrected chi connectivity index (χ0v) is 14.1. The van der Waals surface area contributed by atoms with Crippen LogP contribution in [-0.4, -0.2) is 67.9 Å². The van der Waals surface area contributed by atoms with Crippen LogP contribution in [0, 0.1) is 11.7 Å². The molecule has 1 heterocycles. The summed E-state index contributed by atoms with van der Waals surface area (Å²) in [7, 11) is 1.42. The van der Waals surface area contributed by atoms with Crippen LogP contribution in [0.4, 0.5) is 4.39 Å². The number of carbonyl (C=O) groups excluding carboxylic acids is 2. The molecule has 2 atom stereocenters. The van der Waals surface area contributed by atoms with E-state index >= 15 is 0 Å². The van der Waals surface area contributed by atoms with E-state index in [1.165, 1.54) is 31.4 Å². The smallest absolute Gasteiger partial charge is 0.260 e. The van der Waals surface area contributed by atoms with Gasteiger partial charge in [-0.1, -0.05) is 0 Å². The van der Waals surface area contributed by atoms with Crippen LogP contribution in [0.5, 0.6) is 5.75 Å². The van der Waals surface area contributed by atoms with E-state index in [1.54, 1.807) is 4.90 Å². The number of halogens is 1. The molecule has 0 bridgehead atoms. The van der Waals surface area contributed by atoms with Gasteiger partial charge in [-0.2, -0.15) is 0 Å². The standard InChI is InChI=1S/C17H23FN2O5/c1-24-10-16(22)19-15-8-20(7-6-12(15)9-21)17(23)11-25-14-4-2-13(18)3-5-14/h2-5,12,15,21H,6-11H2,1H3,(H,19,22)/t12-,15-/m1/s1. The number of amides is 2. The number of nitrogens with one attached hydrogen (secondary N) is 1. The van der Waals surface area contributed by atoms with E-state index in [0.717, 1.165) is 0 Å². The number of likely N-dealkylation sites (tertiary alicyclic amines) is 1. The maximum absolute atomic E-state index is 12.9. The molecular formula is C17H23FN2O5. The molecule has 0 spiro atoms. The molecule has 0 aromatic heterocycles. The van der Waals surface area contributed by atoms with Crippen molar-refractivity contribution in [1.82, 2.24) is 10.2 Å². The van der Waals surface area contributed by atoms with Gasteiger partial charge >= 0.3 is 0 Å². The molecule has 25 heavy (non-hydrogen) atoms. The van der Waals surface area contributed by atoms with Gasteiger partial charge in [-0.25, -0.2) is 4.39 Å². The molecule has 1 saturated heterocycles. The lowest BCUT2D eigenvalue weighted by atomic mass is 9.92. The normalized spacial score (nSPS) is 20.2. The fourth-order valence-corrected chi connectivity index (χ4v) is 2.76. The van der Waals surface area contributed by atoms with Gasteiger partial charge in [-0.05, 0) is 30.7 Å². The van der Waals surface area contributed by atoms with E-state index in [-0.39, 0.29) is 49.4 Å². The van der Waals surface area contributed by atoms with Crippen LogP contribution >= 0.6 is 0 Å². The molecule has 8 heteroatoms. The summed E-state index contributed by atoms with van der Waals surface area (Å²) in [5.41, 5.74) is 0. The number of piperidine rings is 1. The van der Waals surface area contributed by atoms with Gasteiger partial charge in [0.2, 0.25) is 5.91 Å². The number of methoxy groups -OCH3 is 1. The number of carbonyl (C=O) groups is 2. The molecule has 1 fully saturated rings. The van der Waals surface area contributed by atoms with E-state index in [2.05, 4.69) is 5.32 Å². The minimum Gasteiger partial charge on any atom is -0.484 e. The Balaban J connectivity index is 1.88. The first-order valence-corrected chi connectivity index (χ1v) is 8.08. The quantitative estimate of drug-likeness (QED) is 0.729. The molecular weight excluding hydrogens is 331 g/mol. The number of nitrogens with zero attached hydrogens (tertiary/aromatic N) is 1. The first kappa shape index (κ1) is 19.1. The van der Waals surface area contributed by atoms with Crippen LogP contribution in [0.3, 0.4) is 0 Å². The molecule has 2 N–H and O–H groups in total. The lowest BCUT2D eigenvalue weighted by Gasteiger charge is -2.38. The Morgan fingerprint density at radius 3 is 2.68 bits per heavy atom. The first-order chi connectivity index (χ1) is 12.0. The van der Waals surface area contributed by atoms with Crippen LogP contribution < -0.4 is 10.1 Å². The van der Waals surface area contributed by atoms with Gasteiger partial charge < -0.3 is 24.8 Å². The zero-order chi connectivity index (χ0) is 18.2. The van der Waals surface area contributed by atoms with Crippen LogP contribution in [0.2, 0.25) is 0 Å². The molecule has 1 aromatic carbocycles. The Morgan fingerprint density at radius 1 is 1.32 bits per heavy atom. The first-order valence-electron chi connectivity index (χ1n) is 8.08. The number of hydrogen-bond acceptors (Lipinski definition) is 5. The van der Waals surface area contributed by atoms with Crippen LogP contribution in [-0.2, 0) is 14.3 Å². The summed E-state index contributed by atoms with van der Waals surface area (Å²) < 4.78 is 23.0. The van der Waals surface area contributed by atoms with Gasteiger partial charge in [0.25, 0.3) is 5.91 Å². The minimum atomic E-state index is -0.376. The highest BCUT2D eigenvalue weighted by atomic mass is 19.1. The molecule has 2 amide bonds. The average molecular weight is 354 g/mol. The molecule has 0 unspecified atom stereocenters. The van der Waals surface area contributed by atoms with Crippen LogP contribution in [0.25, 0.3) is 0 Å². The van der Waals surface area contributed by atoms with Crippen molar-refractivity contribution >= 4 is 11.8 Å². The van der Waals surface area contributed by atoms with E-state index in [1.807, 2.05) is 0 Å². The molecule has 1 aliphatic rings. The summed E-state index contributed by atoms with van der Waals surface area (Å²) in [6, 6.07) is 5.08. The van der Waals surface area contributed by atoms with Gasteiger partial charge in [0, 0.05) is 32.7 Å². The van der Waals surface area contributed by atoms with Crippen molar-refractivity contribution in [3.8, 4) is 5.75 Å². The van der Waals surface area contributed by atoms with E-state index < -0.39 is 0 Å². The molecule has 138 valence electrons. The minimum absolute atomic E-state index is 0.0635. The molecule has 1 aromatic rings. The number of ether oxygens (including phenoxy) is 2. The second-order valence-electron chi connectivity index (χ2n) is 5.92. The Kier molecular flexibility index (Phi) is 7.15. The van der Waals surface area contributed by atoms with Crippen molar-refractivity contribution in [2.75, 3.05) is 40.0 Å². The van der Waals surface area contributed by atoms with Crippen molar-refractivity contribution in [2.45, 2.75) is 12.5 Å². The van der Waals surface area contributed by atoms with E-state index in [0.29, 0.717) is 25.3 Å². The highest BCUT2D eigenvalue weighted by Crippen LogP contribution is 2.18. The number of hydrogen-bond donors (Lipinski definition) is 2. The molecule has 0 saturated carbocycles. The maximum atomic E-state index is 12.9. The molecule has 2 rings (SSSR count). The number of aliphatic hydroxyl groups is 1. The monoisotopic (exact) mass is 354 g/mol. The second kappa shape index (κ2) is 9.33. The largest absolute Gasteiger partial charge is 0.484 e. The SMILES string of the molecule is COCC(=O)N[C@@H]1CN(C(=O)COc2ccc(F)cc2)CC[C@@H]1CO. The van der Waals surface area contributed by atoms with Gasteiger partial charge in [-0.3, -0.25) is 9.59 Å². The predicted octanol–water partition coefficient (Wildman–Crippen LogP) is 0.177. The molecule has 0 aliphatic carbocycles. The van der Waals surface area contributed by atoms with E-state index in [4.69, 9.17) is 9.47 Å². The summed E-state index contributed by atoms with van der Waals surface area (Å²) in [5, 5.41) is 12.2. The highest BCUT2D eigenvalue weighted by molar-refractivity contribution is 5.79. The molecule has 0 radical (unpaired) electrons. The average Bonchev–Trinajstić information content (AvgIpc) is 2.61. The summed E-state index contributed by atoms with van der Waals surface area (Å²) in [6.07, 6.45) is 0.580. The van der Waals surface area contributed by atoms with Crippen molar-refractivity contribution in [3.63, 3.8) is 0 Å².